The topological polar surface area (TPSA) is 88.2 Å². The van der Waals surface area contributed by atoms with Crippen molar-refractivity contribution < 1.29 is 13.2 Å². The van der Waals surface area contributed by atoms with E-state index in [9.17, 15) is 13.2 Å². The van der Waals surface area contributed by atoms with E-state index < -0.39 is 10.0 Å². The Kier molecular flexibility index (Phi) is 4.07. The van der Waals surface area contributed by atoms with E-state index in [1.807, 2.05) is 0 Å². The molecule has 0 spiro atoms. The molecule has 1 aromatic heterocycles. The molecule has 0 saturated heterocycles. The Morgan fingerprint density at radius 3 is 2.65 bits per heavy atom. The van der Waals surface area contributed by atoms with E-state index in [1.54, 1.807) is 26.0 Å². The fraction of sp³-hybridized carbons (Fsp3) is 0.333. The number of nitrogens with zero attached hydrogens (tertiary/aromatic N) is 1. The van der Waals surface area contributed by atoms with Crippen LogP contribution in [0.5, 0.6) is 0 Å². The fourth-order valence-corrected chi connectivity index (χ4v) is 3.23. The number of thiazole rings is 1. The third-order valence-electron chi connectivity index (χ3n) is 2.69. The van der Waals surface area contributed by atoms with Crippen molar-refractivity contribution in [2.45, 2.75) is 18.7 Å². The first-order chi connectivity index (χ1) is 9.33. The summed E-state index contributed by atoms with van der Waals surface area (Å²) in [7, 11) is -2.11. The lowest BCUT2D eigenvalue weighted by atomic mass is 10.2. The standard InChI is InChI=1S/C12H15N3O3S2/c1-7(2)11(16)15-12-14-9-5-4-8(6-10(9)19-12)20(17,18)13-3/h4-7,13H,1-3H3,(H,14,15,16). The summed E-state index contributed by atoms with van der Waals surface area (Å²) in [6.45, 7) is 3.58. The Morgan fingerprint density at radius 2 is 2.05 bits per heavy atom. The molecular formula is C12H15N3O3S2. The summed E-state index contributed by atoms with van der Waals surface area (Å²) in [5.74, 6) is -0.255. The highest BCUT2D eigenvalue weighted by Crippen LogP contribution is 2.28. The van der Waals surface area contributed by atoms with Crippen molar-refractivity contribution in [2.75, 3.05) is 12.4 Å². The Hall–Kier alpha value is -1.51. The molecule has 0 aliphatic rings. The highest BCUT2D eigenvalue weighted by molar-refractivity contribution is 7.89. The van der Waals surface area contributed by atoms with Crippen molar-refractivity contribution in [3.8, 4) is 0 Å². The largest absolute Gasteiger partial charge is 0.302 e. The summed E-state index contributed by atoms with van der Waals surface area (Å²) < 4.78 is 26.4. The summed E-state index contributed by atoms with van der Waals surface area (Å²) in [4.78, 5) is 16.0. The van der Waals surface area contributed by atoms with Gasteiger partial charge in [0.15, 0.2) is 5.13 Å². The molecule has 0 unspecified atom stereocenters. The molecule has 1 amide bonds. The lowest BCUT2D eigenvalue weighted by Crippen LogP contribution is -2.18. The summed E-state index contributed by atoms with van der Waals surface area (Å²) in [5, 5.41) is 3.18. The normalized spacial score (nSPS) is 12.0. The Bertz CT molecular complexity index is 750. The van der Waals surface area contributed by atoms with Crippen LogP contribution in [-0.4, -0.2) is 26.4 Å². The molecule has 108 valence electrons. The van der Waals surface area contributed by atoms with Crippen molar-refractivity contribution in [1.82, 2.24) is 9.71 Å². The first-order valence-corrected chi connectivity index (χ1v) is 8.28. The monoisotopic (exact) mass is 313 g/mol. The molecule has 1 heterocycles. The van der Waals surface area contributed by atoms with E-state index >= 15 is 0 Å². The first-order valence-electron chi connectivity index (χ1n) is 5.98. The van der Waals surface area contributed by atoms with Gasteiger partial charge >= 0.3 is 0 Å². The van der Waals surface area contributed by atoms with Crippen LogP contribution in [0, 0.1) is 5.92 Å². The van der Waals surface area contributed by atoms with Crippen molar-refractivity contribution >= 4 is 42.6 Å². The molecule has 1 aromatic carbocycles. The number of amides is 1. The molecule has 0 radical (unpaired) electrons. The predicted molar refractivity (Wildman–Crippen MR) is 79.3 cm³/mol. The molecule has 6 nitrogen and oxygen atoms in total. The minimum absolute atomic E-state index is 0.118. The second kappa shape index (κ2) is 5.47. The molecule has 8 heteroatoms. The zero-order valence-electron chi connectivity index (χ0n) is 11.3. The molecule has 0 aliphatic heterocycles. The molecular weight excluding hydrogens is 298 g/mol. The molecule has 2 rings (SSSR count). The van der Waals surface area contributed by atoms with Crippen LogP contribution in [0.15, 0.2) is 23.1 Å². The second-order valence-electron chi connectivity index (χ2n) is 4.50. The highest BCUT2D eigenvalue weighted by atomic mass is 32.2. The maximum absolute atomic E-state index is 11.7. The van der Waals surface area contributed by atoms with Gasteiger partial charge in [-0.1, -0.05) is 25.2 Å². The van der Waals surface area contributed by atoms with Gasteiger partial charge in [0.25, 0.3) is 0 Å². The quantitative estimate of drug-likeness (QED) is 0.901. The van der Waals surface area contributed by atoms with Crippen LogP contribution in [0.4, 0.5) is 5.13 Å². The van der Waals surface area contributed by atoms with Crippen LogP contribution in [-0.2, 0) is 14.8 Å². The third-order valence-corrected chi connectivity index (χ3v) is 5.04. The summed E-state index contributed by atoms with van der Waals surface area (Å²) in [6.07, 6.45) is 0. The van der Waals surface area contributed by atoms with E-state index in [2.05, 4.69) is 15.0 Å². The molecule has 2 N–H and O–H groups in total. The van der Waals surface area contributed by atoms with Crippen molar-refractivity contribution in [2.24, 2.45) is 5.92 Å². The predicted octanol–water partition coefficient (Wildman–Crippen LogP) is 1.80. The SMILES string of the molecule is CNS(=O)(=O)c1ccc2nc(NC(=O)C(C)C)sc2c1. The second-order valence-corrected chi connectivity index (χ2v) is 7.42. The Balaban J connectivity index is 2.38. The van der Waals surface area contributed by atoms with Crippen molar-refractivity contribution in [1.29, 1.82) is 0 Å². The molecule has 0 bridgehead atoms. The van der Waals surface area contributed by atoms with Crippen molar-refractivity contribution in [3.63, 3.8) is 0 Å². The van der Waals surface area contributed by atoms with Gasteiger partial charge in [-0.2, -0.15) is 0 Å². The van der Waals surface area contributed by atoms with E-state index in [4.69, 9.17) is 0 Å². The van der Waals surface area contributed by atoms with Crippen LogP contribution in [0.2, 0.25) is 0 Å². The molecule has 2 aromatic rings. The van der Waals surface area contributed by atoms with E-state index in [0.717, 1.165) is 0 Å². The average molecular weight is 313 g/mol. The number of rotatable bonds is 4. The Morgan fingerprint density at radius 1 is 1.35 bits per heavy atom. The van der Waals surface area contributed by atoms with Crippen LogP contribution in [0.3, 0.4) is 0 Å². The number of benzene rings is 1. The van der Waals surface area contributed by atoms with Gasteiger partial charge in [-0.3, -0.25) is 4.79 Å². The summed E-state index contributed by atoms with van der Waals surface area (Å²) in [6, 6.07) is 4.66. The maximum atomic E-state index is 11.7. The van der Waals surface area contributed by atoms with Gasteiger partial charge in [0, 0.05) is 5.92 Å². The van der Waals surface area contributed by atoms with Crippen LogP contribution in [0.25, 0.3) is 10.2 Å². The first kappa shape index (κ1) is 14.9. The zero-order valence-corrected chi connectivity index (χ0v) is 12.9. The van der Waals surface area contributed by atoms with Gasteiger partial charge in [-0.15, -0.1) is 0 Å². The van der Waals surface area contributed by atoms with Crippen LogP contribution >= 0.6 is 11.3 Å². The average Bonchev–Trinajstić information content (AvgIpc) is 2.79. The van der Waals surface area contributed by atoms with E-state index in [0.29, 0.717) is 15.3 Å². The lowest BCUT2D eigenvalue weighted by molar-refractivity contribution is -0.118. The van der Waals surface area contributed by atoms with E-state index in [1.165, 1.54) is 24.5 Å². The number of fused-ring (bicyclic) bond motifs is 1. The number of sulfonamides is 1. The number of aromatic nitrogens is 1. The van der Waals surface area contributed by atoms with Gasteiger partial charge in [0.2, 0.25) is 15.9 Å². The third kappa shape index (κ3) is 2.97. The number of anilines is 1. The van der Waals surface area contributed by atoms with Crippen LogP contribution in [0.1, 0.15) is 13.8 Å². The molecule has 0 atom stereocenters. The lowest BCUT2D eigenvalue weighted by Gasteiger charge is -2.02. The fourth-order valence-electron chi connectivity index (χ4n) is 1.49. The number of nitrogens with one attached hydrogen (secondary N) is 2. The zero-order chi connectivity index (χ0) is 14.9. The van der Waals surface area contributed by atoms with Gasteiger partial charge in [0.1, 0.15) is 0 Å². The molecule has 0 aliphatic carbocycles. The van der Waals surface area contributed by atoms with Gasteiger partial charge < -0.3 is 5.32 Å². The number of hydrogen-bond acceptors (Lipinski definition) is 5. The maximum Gasteiger partial charge on any atom is 0.240 e. The van der Waals surface area contributed by atoms with Gasteiger partial charge in [-0.25, -0.2) is 18.1 Å². The minimum atomic E-state index is -3.48. The Labute approximate surface area is 121 Å². The van der Waals surface area contributed by atoms with Crippen LogP contribution < -0.4 is 10.0 Å². The van der Waals surface area contributed by atoms with Gasteiger partial charge in [-0.05, 0) is 25.2 Å². The number of carbonyl (C=O) groups excluding carboxylic acids is 1. The van der Waals surface area contributed by atoms with Crippen molar-refractivity contribution in [3.05, 3.63) is 18.2 Å². The summed E-state index contributed by atoms with van der Waals surface area (Å²) >= 11 is 1.25. The molecule has 0 fully saturated rings. The smallest absolute Gasteiger partial charge is 0.240 e. The molecule has 0 saturated carbocycles. The minimum Gasteiger partial charge on any atom is -0.302 e. The van der Waals surface area contributed by atoms with E-state index in [-0.39, 0.29) is 16.7 Å². The summed E-state index contributed by atoms with van der Waals surface area (Å²) in [5.41, 5.74) is 0.657. The number of hydrogen-bond donors (Lipinski definition) is 2. The number of carbonyl (C=O) groups is 1. The highest BCUT2D eigenvalue weighted by Gasteiger charge is 2.15. The van der Waals surface area contributed by atoms with Gasteiger partial charge in [0.05, 0.1) is 15.1 Å². The molecule has 20 heavy (non-hydrogen) atoms.